The predicted molar refractivity (Wildman–Crippen MR) is 114 cm³/mol. The number of carboxylic acid groups (broad SMARTS) is 2. The Bertz CT molecular complexity index is 669. The van der Waals surface area contributed by atoms with E-state index in [0.29, 0.717) is 32.1 Å². The van der Waals surface area contributed by atoms with Crippen molar-refractivity contribution in [3.63, 3.8) is 0 Å². The van der Waals surface area contributed by atoms with Crippen molar-refractivity contribution < 1.29 is 38.9 Å². The Morgan fingerprint density at radius 1 is 0.906 bits per heavy atom. The minimum Gasteiger partial charge on any atom is -0.480 e. The Balaban J connectivity index is 3.05. The number of carbonyl (C=O) groups excluding carboxylic acids is 2. The van der Waals surface area contributed by atoms with E-state index in [1.165, 1.54) is 0 Å². The number of aliphatic carboxylic acids is 2. The monoisotopic (exact) mass is 454 g/mol. The van der Waals surface area contributed by atoms with Crippen molar-refractivity contribution in [2.24, 2.45) is 11.8 Å². The lowest BCUT2D eigenvalue weighted by Gasteiger charge is -2.25. The van der Waals surface area contributed by atoms with Gasteiger partial charge in [-0.1, -0.05) is 40.5 Å². The van der Waals surface area contributed by atoms with Crippen LogP contribution in [0.2, 0.25) is 0 Å². The fourth-order valence-electron chi connectivity index (χ4n) is 3.24. The van der Waals surface area contributed by atoms with Crippen LogP contribution in [-0.2, 0) is 28.7 Å². The quantitative estimate of drug-likeness (QED) is 0.239. The van der Waals surface area contributed by atoms with Crippen molar-refractivity contribution in [1.29, 1.82) is 0 Å². The standard InChI is InChI=1S/C22H34N2O8/c1-6-9-10-11-14-31-17(19(25)23-15(21(27)28)12(4)7-2)18(32-14)20(26)24-16(22(29)30)13(5)8-3/h1,12-18H,7-11H2,2-5H3,(H,23,25)(H,24,26)(H,27,28)(H,29,30)/t12-,13-,14?,15-,16?,17+,18+/m0/s1. The van der Waals surface area contributed by atoms with Crippen molar-refractivity contribution in [3.8, 4) is 12.3 Å². The van der Waals surface area contributed by atoms with Crippen LogP contribution < -0.4 is 10.6 Å². The molecular formula is C22H34N2O8. The summed E-state index contributed by atoms with van der Waals surface area (Å²) in [5, 5.41) is 23.7. The number of unbranched alkanes of at least 4 members (excludes halogenated alkanes) is 1. The van der Waals surface area contributed by atoms with Gasteiger partial charge < -0.3 is 30.3 Å². The highest BCUT2D eigenvalue weighted by Gasteiger charge is 2.47. The van der Waals surface area contributed by atoms with Gasteiger partial charge in [-0.3, -0.25) is 9.59 Å². The van der Waals surface area contributed by atoms with Crippen LogP contribution in [0.3, 0.4) is 0 Å². The van der Waals surface area contributed by atoms with Gasteiger partial charge in [-0.25, -0.2) is 9.59 Å². The molecule has 32 heavy (non-hydrogen) atoms. The van der Waals surface area contributed by atoms with E-state index in [1.54, 1.807) is 27.7 Å². The molecule has 0 aromatic carbocycles. The van der Waals surface area contributed by atoms with Crippen LogP contribution in [0.4, 0.5) is 0 Å². The van der Waals surface area contributed by atoms with Crippen molar-refractivity contribution in [2.75, 3.05) is 0 Å². The number of hydrogen-bond donors (Lipinski definition) is 4. The molecule has 1 saturated heterocycles. The average Bonchev–Trinajstić information content (AvgIpc) is 3.18. The molecule has 0 bridgehead atoms. The van der Waals surface area contributed by atoms with Gasteiger partial charge in [-0.15, -0.1) is 12.3 Å². The molecule has 2 amide bonds. The number of hydrogen-bond acceptors (Lipinski definition) is 6. The van der Waals surface area contributed by atoms with E-state index in [1.807, 2.05) is 0 Å². The summed E-state index contributed by atoms with van der Waals surface area (Å²) in [5.41, 5.74) is 0. The second-order valence-corrected chi connectivity index (χ2v) is 8.06. The van der Waals surface area contributed by atoms with Gasteiger partial charge in [0.15, 0.2) is 18.5 Å². The molecular weight excluding hydrogens is 420 g/mol. The number of carbonyl (C=O) groups is 4. The molecule has 10 nitrogen and oxygen atoms in total. The molecule has 7 atom stereocenters. The number of nitrogens with one attached hydrogen (secondary N) is 2. The molecule has 0 saturated carbocycles. The van der Waals surface area contributed by atoms with Gasteiger partial charge in [-0.05, 0) is 24.7 Å². The number of carboxylic acids is 2. The highest BCUT2D eigenvalue weighted by Crippen LogP contribution is 2.25. The summed E-state index contributed by atoms with van der Waals surface area (Å²) in [6.45, 7) is 6.95. The number of amides is 2. The third kappa shape index (κ3) is 7.50. The number of rotatable bonds is 13. The van der Waals surface area contributed by atoms with Crippen LogP contribution in [0.25, 0.3) is 0 Å². The van der Waals surface area contributed by atoms with E-state index in [4.69, 9.17) is 15.9 Å². The van der Waals surface area contributed by atoms with Crippen molar-refractivity contribution in [1.82, 2.24) is 10.6 Å². The molecule has 1 rings (SSSR count). The van der Waals surface area contributed by atoms with Crippen LogP contribution >= 0.6 is 0 Å². The van der Waals surface area contributed by atoms with Crippen molar-refractivity contribution >= 4 is 23.8 Å². The summed E-state index contributed by atoms with van der Waals surface area (Å²) in [5.74, 6) is -2.29. The van der Waals surface area contributed by atoms with Crippen molar-refractivity contribution in [3.05, 3.63) is 0 Å². The Morgan fingerprint density at radius 2 is 1.31 bits per heavy atom. The highest BCUT2D eigenvalue weighted by atomic mass is 16.7. The maximum absolute atomic E-state index is 12.9. The maximum atomic E-state index is 12.9. The molecule has 1 heterocycles. The summed E-state index contributed by atoms with van der Waals surface area (Å²) in [6.07, 6.45) is 3.78. The Kier molecular flexibility index (Phi) is 11.2. The van der Waals surface area contributed by atoms with Gasteiger partial charge in [0.25, 0.3) is 11.8 Å². The third-order valence-corrected chi connectivity index (χ3v) is 5.70. The lowest BCUT2D eigenvalue weighted by Crippen LogP contribution is -2.55. The van der Waals surface area contributed by atoms with Gasteiger partial charge in [0.2, 0.25) is 0 Å². The largest absolute Gasteiger partial charge is 0.480 e. The normalized spacial score (nSPS) is 23.9. The second kappa shape index (κ2) is 13.0. The zero-order valence-electron chi connectivity index (χ0n) is 19.0. The van der Waals surface area contributed by atoms with E-state index < -0.39 is 54.3 Å². The van der Waals surface area contributed by atoms with Crippen LogP contribution in [0.1, 0.15) is 59.8 Å². The van der Waals surface area contributed by atoms with Crippen LogP contribution in [0.15, 0.2) is 0 Å². The fourth-order valence-corrected chi connectivity index (χ4v) is 3.24. The fraction of sp³-hybridized carbons (Fsp3) is 0.727. The van der Waals surface area contributed by atoms with Gasteiger partial charge in [0.05, 0.1) is 0 Å². The second-order valence-electron chi connectivity index (χ2n) is 8.06. The zero-order valence-corrected chi connectivity index (χ0v) is 19.0. The molecule has 4 N–H and O–H groups in total. The number of terminal acetylenes is 1. The molecule has 1 fully saturated rings. The Hall–Kier alpha value is -2.64. The first-order chi connectivity index (χ1) is 15.1. The molecule has 0 aromatic rings. The van der Waals surface area contributed by atoms with Gasteiger partial charge in [0.1, 0.15) is 12.1 Å². The first kappa shape index (κ1) is 27.4. The maximum Gasteiger partial charge on any atom is 0.326 e. The first-order valence-corrected chi connectivity index (χ1v) is 10.9. The summed E-state index contributed by atoms with van der Waals surface area (Å²) in [6, 6.07) is -2.35. The minimum absolute atomic E-state index is 0.319. The van der Waals surface area contributed by atoms with E-state index >= 15 is 0 Å². The lowest BCUT2D eigenvalue weighted by atomic mass is 9.98. The summed E-state index contributed by atoms with van der Waals surface area (Å²) >= 11 is 0. The van der Waals surface area contributed by atoms with E-state index in [-0.39, 0.29) is 11.8 Å². The molecule has 10 heteroatoms. The van der Waals surface area contributed by atoms with Gasteiger partial charge in [0, 0.05) is 6.42 Å². The molecule has 180 valence electrons. The highest BCUT2D eigenvalue weighted by molar-refractivity contribution is 5.94. The average molecular weight is 455 g/mol. The molecule has 0 spiro atoms. The Labute approximate surface area is 188 Å². The number of ether oxygens (including phenoxy) is 2. The summed E-state index contributed by atoms with van der Waals surface area (Å²) in [7, 11) is 0. The summed E-state index contributed by atoms with van der Waals surface area (Å²) < 4.78 is 11.2. The van der Waals surface area contributed by atoms with E-state index in [2.05, 4.69) is 16.6 Å². The smallest absolute Gasteiger partial charge is 0.326 e. The minimum atomic E-state index is -1.43. The van der Waals surface area contributed by atoms with Gasteiger partial charge >= 0.3 is 11.9 Å². The summed E-state index contributed by atoms with van der Waals surface area (Å²) in [4.78, 5) is 48.9. The van der Waals surface area contributed by atoms with Crippen LogP contribution in [0, 0.1) is 24.2 Å². The van der Waals surface area contributed by atoms with E-state index in [9.17, 15) is 29.4 Å². The predicted octanol–water partition coefficient (Wildman–Crippen LogP) is 1.13. The van der Waals surface area contributed by atoms with Crippen molar-refractivity contribution in [2.45, 2.75) is 90.4 Å². The van der Waals surface area contributed by atoms with E-state index in [0.717, 1.165) is 0 Å². The van der Waals surface area contributed by atoms with Crippen LogP contribution in [-0.4, -0.2) is 64.5 Å². The molecule has 1 aliphatic rings. The van der Waals surface area contributed by atoms with Gasteiger partial charge in [-0.2, -0.15) is 0 Å². The molecule has 2 unspecified atom stereocenters. The lowest BCUT2D eigenvalue weighted by molar-refractivity contribution is -0.147. The topological polar surface area (TPSA) is 151 Å². The first-order valence-electron chi connectivity index (χ1n) is 10.9. The molecule has 0 radical (unpaired) electrons. The molecule has 1 aliphatic heterocycles. The molecule has 0 aromatic heterocycles. The Morgan fingerprint density at radius 3 is 1.62 bits per heavy atom. The SMILES string of the molecule is C#CCCCC1O[C@@H](C(=O)NC(C(=O)O)[C@@H](C)CC)[C@H](C(=O)N[C@H](C(=O)O)[C@@H](C)CC)O1. The third-order valence-electron chi connectivity index (χ3n) is 5.70. The van der Waals surface area contributed by atoms with Crippen LogP contribution in [0.5, 0.6) is 0 Å². The molecule has 0 aliphatic carbocycles. The zero-order chi connectivity index (χ0) is 24.4.